The minimum atomic E-state index is -4.64. The standard InChI is InChI=1S/C26H25F3N8O3S/c1-14-4-5-16(6-21(14)37(31)12-20(30)22-10-32-24(41-22)35-25(39)40-3)23(38)34-18-7-17(26(27,28)29)8-19(9-18)36-11-15(2)33-13-36/h4-13H,30-31H2,1-3H3,(H,34,38)(H,32,35,39)/b20-12-. The minimum absolute atomic E-state index is 0.0522. The van der Waals surface area contributed by atoms with Gasteiger partial charge in [-0.2, -0.15) is 13.2 Å². The number of hydrogen-bond donors (Lipinski definition) is 4. The number of anilines is 3. The molecule has 0 saturated carbocycles. The number of aromatic nitrogens is 3. The Hall–Kier alpha value is -4.89. The first-order valence-corrected chi connectivity index (χ1v) is 12.6. The van der Waals surface area contributed by atoms with Gasteiger partial charge < -0.3 is 20.4 Å². The number of imidazole rings is 1. The summed E-state index contributed by atoms with van der Waals surface area (Å²) in [6.45, 7) is 3.47. The van der Waals surface area contributed by atoms with E-state index >= 15 is 0 Å². The van der Waals surface area contributed by atoms with Crippen molar-refractivity contribution < 1.29 is 27.5 Å². The fourth-order valence-corrected chi connectivity index (χ4v) is 4.40. The number of carbonyl (C=O) groups is 2. The molecule has 2 amide bonds. The van der Waals surface area contributed by atoms with E-state index in [9.17, 15) is 22.8 Å². The second-order valence-electron chi connectivity index (χ2n) is 8.78. The molecule has 0 radical (unpaired) electrons. The van der Waals surface area contributed by atoms with E-state index in [0.717, 1.165) is 23.5 Å². The Labute approximate surface area is 236 Å². The van der Waals surface area contributed by atoms with Crippen molar-refractivity contribution in [1.82, 2.24) is 14.5 Å². The first kappa shape index (κ1) is 29.1. The van der Waals surface area contributed by atoms with E-state index in [1.165, 1.54) is 53.6 Å². The Kier molecular flexibility index (Phi) is 8.30. The Morgan fingerprint density at radius 2 is 1.88 bits per heavy atom. The summed E-state index contributed by atoms with van der Waals surface area (Å²) in [5, 5.41) is 6.45. The molecule has 11 nitrogen and oxygen atoms in total. The lowest BCUT2D eigenvalue weighted by Crippen LogP contribution is -2.27. The molecule has 0 atom stereocenters. The van der Waals surface area contributed by atoms with E-state index in [1.807, 2.05) is 0 Å². The molecule has 0 spiro atoms. The molecule has 0 aliphatic rings. The van der Waals surface area contributed by atoms with Gasteiger partial charge in [-0.3, -0.25) is 15.1 Å². The lowest BCUT2D eigenvalue weighted by Gasteiger charge is -2.19. The topological polar surface area (TPSA) is 153 Å². The van der Waals surface area contributed by atoms with Gasteiger partial charge in [-0.25, -0.2) is 20.6 Å². The summed E-state index contributed by atoms with van der Waals surface area (Å²) in [5.41, 5.74) is 7.47. The highest BCUT2D eigenvalue weighted by Crippen LogP contribution is 2.33. The zero-order valence-corrected chi connectivity index (χ0v) is 22.8. The maximum Gasteiger partial charge on any atom is 0.416 e. The summed E-state index contributed by atoms with van der Waals surface area (Å²) in [6, 6.07) is 7.90. The molecule has 0 saturated heterocycles. The van der Waals surface area contributed by atoms with E-state index in [1.54, 1.807) is 26.1 Å². The van der Waals surface area contributed by atoms with Gasteiger partial charge in [0.25, 0.3) is 5.91 Å². The summed E-state index contributed by atoms with van der Waals surface area (Å²) in [7, 11) is 1.22. The van der Waals surface area contributed by atoms with Crippen molar-refractivity contribution in [3.8, 4) is 5.69 Å². The highest BCUT2D eigenvalue weighted by Gasteiger charge is 2.31. The maximum atomic E-state index is 13.6. The summed E-state index contributed by atoms with van der Waals surface area (Å²) < 4.78 is 46.8. The van der Waals surface area contributed by atoms with Crippen LogP contribution in [0.2, 0.25) is 0 Å². The van der Waals surface area contributed by atoms with Crippen molar-refractivity contribution in [2.75, 3.05) is 22.8 Å². The van der Waals surface area contributed by atoms with Crippen molar-refractivity contribution >= 4 is 45.5 Å². The van der Waals surface area contributed by atoms with Gasteiger partial charge in [0.15, 0.2) is 5.13 Å². The largest absolute Gasteiger partial charge is 0.453 e. The van der Waals surface area contributed by atoms with Gasteiger partial charge in [-0.05, 0) is 49.7 Å². The average molecular weight is 587 g/mol. The third-order valence-corrected chi connectivity index (χ3v) is 6.69. The van der Waals surface area contributed by atoms with E-state index in [2.05, 4.69) is 25.3 Å². The molecular formula is C26H25F3N8O3S. The summed E-state index contributed by atoms with van der Waals surface area (Å²) in [4.78, 5) is 33.1. The number of thiazole rings is 1. The molecule has 2 aromatic heterocycles. The van der Waals surface area contributed by atoms with Crippen LogP contribution in [-0.4, -0.2) is 33.6 Å². The van der Waals surface area contributed by atoms with Crippen LogP contribution in [0.25, 0.3) is 11.4 Å². The molecular weight excluding hydrogens is 561 g/mol. The molecule has 0 unspecified atom stereocenters. The summed E-state index contributed by atoms with van der Waals surface area (Å²) in [5.74, 6) is 5.58. The van der Waals surface area contributed by atoms with Crippen LogP contribution in [0.5, 0.6) is 0 Å². The van der Waals surface area contributed by atoms with Crippen molar-refractivity contribution in [2.24, 2.45) is 11.6 Å². The predicted molar refractivity (Wildman–Crippen MR) is 149 cm³/mol. The van der Waals surface area contributed by atoms with Crippen LogP contribution in [-0.2, 0) is 10.9 Å². The third kappa shape index (κ3) is 7.01. The van der Waals surface area contributed by atoms with Gasteiger partial charge in [0.05, 0.1) is 41.0 Å². The average Bonchev–Trinajstić information content (AvgIpc) is 3.57. The number of nitrogens with zero attached hydrogens (tertiary/aromatic N) is 4. The van der Waals surface area contributed by atoms with Crippen molar-refractivity contribution in [1.29, 1.82) is 0 Å². The number of amides is 2. The number of alkyl halides is 3. The summed E-state index contributed by atoms with van der Waals surface area (Å²) >= 11 is 1.09. The second kappa shape index (κ2) is 11.7. The Balaban J connectivity index is 1.57. The van der Waals surface area contributed by atoms with Gasteiger partial charge in [0, 0.05) is 35.5 Å². The van der Waals surface area contributed by atoms with Gasteiger partial charge >= 0.3 is 12.3 Å². The number of aryl methyl sites for hydroxylation is 2. The first-order valence-electron chi connectivity index (χ1n) is 11.8. The van der Waals surface area contributed by atoms with Crippen LogP contribution in [0.1, 0.15) is 32.1 Å². The molecule has 2 aromatic carbocycles. The zero-order chi connectivity index (χ0) is 29.9. The van der Waals surface area contributed by atoms with Gasteiger partial charge in [-0.15, -0.1) is 0 Å². The Morgan fingerprint density at radius 1 is 1.12 bits per heavy atom. The van der Waals surface area contributed by atoms with E-state index < -0.39 is 23.7 Å². The molecule has 0 fully saturated rings. The van der Waals surface area contributed by atoms with Crippen LogP contribution in [0.3, 0.4) is 0 Å². The van der Waals surface area contributed by atoms with Gasteiger partial charge in [0.2, 0.25) is 0 Å². The molecule has 15 heteroatoms. The minimum Gasteiger partial charge on any atom is -0.453 e. The van der Waals surface area contributed by atoms with Crippen molar-refractivity contribution in [3.05, 3.63) is 88.6 Å². The molecule has 41 heavy (non-hydrogen) atoms. The fourth-order valence-electron chi connectivity index (χ4n) is 3.68. The first-order chi connectivity index (χ1) is 19.3. The lowest BCUT2D eigenvalue weighted by molar-refractivity contribution is -0.137. The second-order valence-corrected chi connectivity index (χ2v) is 9.81. The third-order valence-electron chi connectivity index (χ3n) is 5.73. The smallest absolute Gasteiger partial charge is 0.416 e. The van der Waals surface area contributed by atoms with Crippen LogP contribution < -0.4 is 27.2 Å². The number of carbonyl (C=O) groups excluding carboxylic acids is 2. The van der Waals surface area contributed by atoms with Crippen LogP contribution in [0, 0.1) is 13.8 Å². The number of hydrogen-bond acceptors (Lipinski definition) is 9. The molecule has 214 valence electrons. The van der Waals surface area contributed by atoms with Gasteiger partial charge in [-0.1, -0.05) is 17.4 Å². The number of methoxy groups -OCH3 is 1. The fraction of sp³-hybridized carbons (Fsp3) is 0.154. The monoisotopic (exact) mass is 586 g/mol. The lowest BCUT2D eigenvalue weighted by atomic mass is 10.1. The normalized spacial score (nSPS) is 11.7. The number of benzene rings is 2. The highest BCUT2D eigenvalue weighted by atomic mass is 32.1. The molecule has 0 aliphatic carbocycles. The number of halogens is 3. The van der Waals surface area contributed by atoms with Crippen LogP contribution in [0.4, 0.5) is 34.5 Å². The molecule has 4 rings (SSSR count). The molecule has 0 aliphatic heterocycles. The van der Waals surface area contributed by atoms with Crippen molar-refractivity contribution in [3.63, 3.8) is 0 Å². The van der Waals surface area contributed by atoms with E-state index in [4.69, 9.17) is 11.6 Å². The quantitative estimate of drug-likeness (QED) is 0.174. The molecule has 0 bridgehead atoms. The number of nitrogens with two attached hydrogens (primary N) is 2. The Bertz CT molecular complexity index is 1630. The predicted octanol–water partition coefficient (Wildman–Crippen LogP) is 5.03. The van der Waals surface area contributed by atoms with E-state index in [-0.39, 0.29) is 27.8 Å². The Morgan fingerprint density at radius 3 is 2.54 bits per heavy atom. The van der Waals surface area contributed by atoms with Crippen LogP contribution in [0.15, 0.2) is 61.3 Å². The van der Waals surface area contributed by atoms with Gasteiger partial charge in [0.1, 0.15) is 0 Å². The number of rotatable bonds is 7. The van der Waals surface area contributed by atoms with Crippen molar-refractivity contribution in [2.45, 2.75) is 20.0 Å². The molecule has 4 aromatic rings. The SMILES string of the molecule is COC(=O)Nc1ncc(/C(N)=C/N(N)c2cc(C(=O)Nc3cc(-n4cnc(C)c4)cc(C(F)(F)F)c3)ccc2C)s1. The molecule has 6 N–H and O–H groups in total. The number of hydrazine groups is 1. The van der Waals surface area contributed by atoms with E-state index in [0.29, 0.717) is 21.8 Å². The molecule has 2 heterocycles. The summed E-state index contributed by atoms with van der Waals surface area (Å²) in [6.07, 6.45) is 0.499. The highest BCUT2D eigenvalue weighted by molar-refractivity contribution is 7.16. The zero-order valence-electron chi connectivity index (χ0n) is 22.0. The maximum absolute atomic E-state index is 13.6. The number of nitrogens with one attached hydrogen (secondary N) is 2. The van der Waals surface area contributed by atoms with Crippen LogP contribution >= 0.6 is 11.3 Å². The number of ether oxygens (including phenoxy) is 1.